The molecular weight excluding hydrogens is 498 g/mol. The molecule has 186 valence electrons. The average Bonchev–Trinajstić information content (AvgIpc) is 3.28. The molecule has 1 amide bonds. The lowest BCUT2D eigenvalue weighted by atomic mass is 10.0. The van der Waals surface area contributed by atoms with Crippen molar-refractivity contribution in [3.8, 4) is 5.75 Å². The Labute approximate surface area is 218 Å². The fourth-order valence-electron chi connectivity index (χ4n) is 4.05. The lowest BCUT2D eigenvalue weighted by Gasteiger charge is -2.21. The van der Waals surface area contributed by atoms with Crippen molar-refractivity contribution < 1.29 is 13.9 Å². The number of halogens is 1. The van der Waals surface area contributed by atoms with Gasteiger partial charge in [0, 0.05) is 18.5 Å². The first-order valence-corrected chi connectivity index (χ1v) is 12.2. The predicted molar refractivity (Wildman–Crippen MR) is 148 cm³/mol. The van der Waals surface area contributed by atoms with E-state index in [0.717, 1.165) is 20.9 Å². The normalized spacial score (nSPS) is 11.2. The van der Waals surface area contributed by atoms with Crippen molar-refractivity contribution in [1.29, 1.82) is 0 Å². The monoisotopic (exact) mass is 523 g/mol. The number of amides is 1. The molecule has 0 aliphatic carbocycles. The van der Waals surface area contributed by atoms with Crippen molar-refractivity contribution in [3.63, 3.8) is 0 Å². The molecule has 2 aromatic heterocycles. The molecule has 0 N–H and O–H groups in total. The quantitative estimate of drug-likeness (QED) is 0.204. The van der Waals surface area contributed by atoms with Crippen LogP contribution >= 0.6 is 23.7 Å². The molecule has 3 aromatic carbocycles. The number of hydrogen-bond donors (Lipinski definition) is 0. The van der Waals surface area contributed by atoms with Crippen molar-refractivity contribution in [2.45, 2.75) is 6.92 Å². The van der Waals surface area contributed by atoms with E-state index in [2.05, 4.69) is 0 Å². The van der Waals surface area contributed by atoms with Crippen LogP contribution in [0.1, 0.15) is 17.3 Å². The van der Waals surface area contributed by atoms with Gasteiger partial charge >= 0.3 is 5.63 Å². The summed E-state index contributed by atoms with van der Waals surface area (Å²) in [5.74, 6) is 0.233. The zero-order valence-electron chi connectivity index (χ0n) is 20.2. The molecular formula is C27H26ClN3O4S. The molecule has 0 aliphatic rings. The maximum absolute atomic E-state index is 13.8. The van der Waals surface area contributed by atoms with Crippen LogP contribution in [0.5, 0.6) is 5.75 Å². The van der Waals surface area contributed by atoms with Gasteiger partial charge in [-0.15, -0.1) is 12.4 Å². The number of nitrogens with zero attached hydrogens (tertiary/aromatic N) is 3. The number of benzene rings is 3. The first kappa shape index (κ1) is 25.6. The largest absolute Gasteiger partial charge is 0.492 e. The van der Waals surface area contributed by atoms with Gasteiger partial charge in [0.1, 0.15) is 22.4 Å². The van der Waals surface area contributed by atoms with E-state index in [1.165, 1.54) is 11.3 Å². The maximum atomic E-state index is 13.8. The van der Waals surface area contributed by atoms with E-state index in [-0.39, 0.29) is 18.0 Å². The third-order valence-corrected chi connectivity index (χ3v) is 6.83. The van der Waals surface area contributed by atoms with Gasteiger partial charge in [0.05, 0.1) is 11.3 Å². The van der Waals surface area contributed by atoms with Gasteiger partial charge in [-0.05, 0) is 56.1 Å². The number of hydrogen-bond acceptors (Lipinski definition) is 7. The van der Waals surface area contributed by atoms with E-state index in [1.54, 1.807) is 17.0 Å². The Morgan fingerprint density at radius 1 is 1.03 bits per heavy atom. The summed E-state index contributed by atoms with van der Waals surface area (Å²) in [6, 6.07) is 18.9. The van der Waals surface area contributed by atoms with Crippen LogP contribution in [0.25, 0.3) is 32.0 Å². The van der Waals surface area contributed by atoms with Crippen LogP contribution < -0.4 is 15.3 Å². The summed E-state index contributed by atoms with van der Waals surface area (Å²) in [6.07, 6.45) is 0. The molecule has 0 saturated heterocycles. The molecule has 0 atom stereocenters. The number of carbonyl (C=O) groups excluding carboxylic acids is 1. The fraction of sp³-hybridized carbons (Fsp3) is 0.222. The Bertz CT molecular complexity index is 1610. The van der Waals surface area contributed by atoms with E-state index < -0.39 is 11.5 Å². The summed E-state index contributed by atoms with van der Waals surface area (Å²) in [7, 11) is 3.87. The number of aromatic nitrogens is 1. The number of fused-ring (bicyclic) bond motifs is 4. The fourth-order valence-corrected chi connectivity index (χ4v) is 5.06. The molecule has 0 aliphatic heterocycles. The number of carbonyl (C=O) groups is 1. The molecule has 0 bridgehead atoms. The van der Waals surface area contributed by atoms with Crippen molar-refractivity contribution in [2.24, 2.45) is 0 Å². The van der Waals surface area contributed by atoms with E-state index >= 15 is 0 Å². The van der Waals surface area contributed by atoms with Crippen LogP contribution in [-0.4, -0.2) is 49.6 Å². The van der Waals surface area contributed by atoms with E-state index in [9.17, 15) is 9.59 Å². The maximum Gasteiger partial charge on any atom is 0.349 e. The molecule has 0 radical (unpaired) electrons. The minimum atomic E-state index is -0.663. The molecule has 7 nitrogen and oxygen atoms in total. The molecule has 0 spiro atoms. The van der Waals surface area contributed by atoms with Crippen molar-refractivity contribution in [2.75, 3.05) is 38.7 Å². The third kappa shape index (κ3) is 4.80. The number of thiazole rings is 1. The van der Waals surface area contributed by atoms with E-state index in [0.29, 0.717) is 41.7 Å². The molecule has 5 aromatic rings. The van der Waals surface area contributed by atoms with Crippen LogP contribution in [-0.2, 0) is 0 Å². The molecule has 36 heavy (non-hydrogen) atoms. The van der Waals surface area contributed by atoms with Gasteiger partial charge in [0.2, 0.25) is 0 Å². The number of likely N-dealkylation sites (N-methyl/N-ethyl adjacent to an activating group) is 1. The summed E-state index contributed by atoms with van der Waals surface area (Å²) >= 11 is 1.39. The number of ether oxygens (including phenoxy) is 1. The topological polar surface area (TPSA) is 75.9 Å². The van der Waals surface area contributed by atoms with E-state index in [1.807, 2.05) is 74.4 Å². The van der Waals surface area contributed by atoms with Gasteiger partial charge in [0.25, 0.3) is 5.91 Å². The lowest BCUT2D eigenvalue weighted by molar-refractivity contribution is 0.0982. The van der Waals surface area contributed by atoms with Crippen molar-refractivity contribution in [3.05, 3.63) is 76.6 Å². The van der Waals surface area contributed by atoms with Crippen LogP contribution in [0.2, 0.25) is 0 Å². The second-order valence-corrected chi connectivity index (χ2v) is 9.45. The molecule has 5 rings (SSSR count). The highest BCUT2D eigenvalue weighted by molar-refractivity contribution is 7.22. The minimum absolute atomic E-state index is 0. The van der Waals surface area contributed by atoms with Crippen LogP contribution in [0.3, 0.4) is 0 Å². The van der Waals surface area contributed by atoms with Gasteiger partial charge in [0.15, 0.2) is 5.13 Å². The molecule has 2 heterocycles. The zero-order valence-corrected chi connectivity index (χ0v) is 21.8. The summed E-state index contributed by atoms with van der Waals surface area (Å²) in [5.41, 5.74) is 0.473. The van der Waals surface area contributed by atoms with Gasteiger partial charge in [-0.2, -0.15) is 0 Å². The second kappa shape index (κ2) is 10.7. The first-order chi connectivity index (χ1) is 17.0. The molecule has 0 unspecified atom stereocenters. The number of anilines is 1. The van der Waals surface area contributed by atoms with Crippen molar-refractivity contribution in [1.82, 2.24) is 9.88 Å². The molecule has 0 fully saturated rings. The minimum Gasteiger partial charge on any atom is -0.492 e. The standard InChI is InChI=1S/C27H25N3O4S.ClH/c1-4-33-22-10-7-11-23-24(22)28-27(35-23)30(15-14-29(2)3)25(31)20-16-19-18-9-6-5-8-17(18)12-13-21(19)34-26(20)32;/h5-13,16H,4,14-15H2,1-3H3;1H. The first-order valence-electron chi connectivity index (χ1n) is 11.4. The molecule has 9 heteroatoms. The number of rotatable bonds is 7. The van der Waals surface area contributed by atoms with Crippen LogP contribution in [0.4, 0.5) is 5.13 Å². The van der Waals surface area contributed by atoms with Crippen molar-refractivity contribution >= 4 is 66.7 Å². The average molecular weight is 524 g/mol. The second-order valence-electron chi connectivity index (χ2n) is 8.44. The Morgan fingerprint density at radius 3 is 2.61 bits per heavy atom. The van der Waals surface area contributed by atoms with Gasteiger partial charge in [-0.3, -0.25) is 9.69 Å². The van der Waals surface area contributed by atoms with Gasteiger partial charge in [-0.25, -0.2) is 9.78 Å². The van der Waals surface area contributed by atoms with Gasteiger partial charge in [-0.1, -0.05) is 47.7 Å². The summed E-state index contributed by atoms with van der Waals surface area (Å²) in [4.78, 5) is 35.0. The predicted octanol–water partition coefficient (Wildman–Crippen LogP) is 5.58. The zero-order chi connectivity index (χ0) is 24.5. The highest BCUT2D eigenvalue weighted by atomic mass is 35.5. The Balaban J connectivity index is 0.00000304. The lowest BCUT2D eigenvalue weighted by Crippen LogP contribution is -2.38. The van der Waals surface area contributed by atoms with Crippen LogP contribution in [0, 0.1) is 0 Å². The Hall–Kier alpha value is -3.46. The smallest absolute Gasteiger partial charge is 0.349 e. The van der Waals surface area contributed by atoms with E-state index in [4.69, 9.17) is 14.1 Å². The highest BCUT2D eigenvalue weighted by Crippen LogP contribution is 2.35. The highest BCUT2D eigenvalue weighted by Gasteiger charge is 2.26. The summed E-state index contributed by atoms with van der Waals surface area (Å²) < 4.78 is 12.2. The van der Waals surface area contributed by atoms with Gasteiger partial charge < -0.3 is 14.1 Å². The summed E-state index contributed by atoms with van der Waals surface area (Å²) in [6.45, 7) is 3.40. The Kier molecular flexibility index (Phi) is 7.59. The van der Waals surface area contributed by atoms with Crippen LogP contribution in [0.15, 0.2) is 69.9 Å². The summed E-state index contributed by atoms with van der Waals surface area (Å²) in [5, 5.41) is 3.16. The number of para-hydroxylation sites is 1. The SMILES string of the molecule is CCOc1cccc2sc(N(CCN(C)C)C(=O)c3cc4c(ccc5ccccc54)oc3=O)nc12.Cl. The molecule has 0 saturated carbocycles. The third-order valence-electron chi connectivity index (χ3n) is 5.79. The Morgan fingerprint density at radius 2 is 1.83 bits per heavy atom.